The molecule has 0 aromatic carbocycles. The average molecular weight is 639 g/mol. The predicted molar refractivity (Wildman–Crippen MR) is 174 cm³/mol. The minimum Gasteiger partial charge on any atom is -0.481 e. The number of aromatic nitrogens is 1. The number of carboxylic acid groups (broad SMARTS) is 2. The number of carboxylic acids is 2. The molecule has 1 fully saturated rings. The van der Waals surface area contributed by atoms with E-state index < -0.39 is 30.1 Å². The van der Waals surface area contributed by atoms with Crippen molar-refractivity contribution < 1.29 is 34.5 Å². The molecule has 0 aliphatic carbocycles. The number of carbonyl (C=O) groups excluding carboxylic acids is 2. The van der Waals surface area contributed by atoms with Gasteiger partial charge in [0.25, 0.3) is 5.91 Å². The van der Waals surface area contributed by atoms with Gasteiger partial charge >= 0.3 is 11.9 Å². The Bertz CT molecular complexity index is 1560. The summed E-state index contributed by atoms with van der Waals surface area (Å²) >= 11 is 4.61. The van der Waals surface area contributed by atoms with Gasteiger partial charge in [0.2, 0.25) is 5.91 Å². The minimum atomic E-state index is -1.07. The molecule has 242 valence electrons. The summed E-state index contributed by atoms with van der Waals surface area (Å²) in [7, 11) is 0. The number of hydrogen-bond donors (Lipinski definition) is 8. The first kappa shape index (κ1) is 33.9. The van der Waals surface area contributed by atoms with Gasteiger partial charge in [-0.05, 0) is 73.6 Å². The minimum absolute atomic E-state index is 0.0861. The molecular weight excluding hydrogens is 596 g/mol. The molecule has 0 bridgehead atoms. The van der Waals surface area contributed by atoms with Crippen molar-refractivity contribution in [2.75, 3.05) is 0 Å². The number of H-pyrrole nitrogens is 1. The monoisotopic (exact) mass is 638 g/mol. The number of amides is 2. The van der Waals surface area contributed by atoms with E-state index in [0.29, 0.717) is 33.8 Å². The van der Waals surface area contributed by atoms with Crippen LogP contribution in [0.2, 0.25) is 0 Å². The fraction of sp³-hybridized carbons (Fsp3) is 0.455. The number of aliphatic hydroxyl groups excluding tert-OH is 1. The fourth-order valence-electron chi connectivity index (χ4n) is 6.64. The molecule has 3 aliphatic heterocycles. The van der Waals surface area contributed by atoms with Crippen LogP contribution in [0.4, 0.5) is 0 Å². The van der Waals surface area contributed by atoms with Crippen LogP contribution >= 0.6 is 12.6 Å². The summed E-state index contributed by atoms with van der Waals surface area (Å²) in [5, 5.41) is 39.5. The number of carbonyl (C=O) groups is 4. The van der Waals surface area contributed by atoms with Crippen LogP contribution in [-0.4, -0.2) is 67.5 Å². The average Bonchev–Trinajstić information content (AvgIpc) is 3.62. The van der Waals surface area contributed by atoms with Gasteiger partial charge in [0, 0.05) is 58.3 Å². The van der Waals surface area contributed by atoms with Crippen molar-refractivity contribution in [1.82, 2.24) is 20.9 Å². The zero-order valence-corrected chi connectivity index (χ0v) is 27.0. The Morgan fingerprint density at radius 3 is 2.18 bits per heavy atom. The summed E-state index contributed by atoms with van der Waals surface area (Å²) in [4.78, 5) is 51.5. The second-order valence-corrected chi connectivity index (χ2v) is 12.9. The normalized spacial score (nSPS) is 26.4. The van der Waals surface area contributed by atoms with Gasteiger partial charge in [0.1, 0.15) is 6.10 Å². The predicted octanol–water partition coefficient (Wildman–Crippen LogP) is 3.24. The molecule has 2 amide bonds. The van der Waals surface area contributed by atoms with E-state index in [0.717, 1.165) is 22.4 Å². The van der Waals surface area contributed by atoms with Gasteiger partial charge in [0.15, 0.2) is 0 Å². The number of nitrogens with one attached hydrogen (secondary N) is 4. The van der Waals surface area contributed by atoms with E-state index in [2.05, 4.69) is 40.1 Å². The maximum Gasteiger partial charge on any atom is 0.303 e. The van der Waals surface area contributed by atoms with Gasteiger partial charge in [-0.15, -0.1) is 0 Å². The Morgan fingerprint density at radius 1 is 0.978 bits per heavy atom. The Balaban J connectivity index is 1.78. The van der Waals surface area contributed by atoms with Gasteiger partial charge in [0.05, 0.1) is 12.1 Å². The lowest BCUT2D eigenvalue weighted by Gasteiger charge is -2.27. The number of aliphatic carboxylic acids is 2. The maximum atomic E-state index is 12.5. The first-order valence-electron chi connectivity index (χ1n) is 15.0. The van der Waals surface area contributed by atoms with Crippen LogP contribution in [0.5, 0.6) is 0 Å². The third-order valence-electron chi connectivity index (χ3n) is 9.20. The molecular formula is C33H42N4O7S. The van der Waals surface area contributed by atoms with Crippen molar-refractivity contribution >= 4 is 48.5 Å². The van der Waals surface area contributed by atoms with Crippen molar-refractivity contribution in [3.8, 4) is 0 Å². The summed E-state index contributed by atoms with van der Waals surface area (Å²) in [5.41, 5.74) is 6.78. The lowest BCUT2D eigenvalue weighted by Crippen LogP contribution is -2.49. The third kappa shape index (κ3) is 6.81. The van der Waals surface area contributed by atoms with E-state index in [4.69, 9.17) is 0 Å². The zero-order chi connectivity index (χ0) is 33.3. The van der Waals surface area contributed by atoms with Crippen LogP contribution in [0.15, 0.2) is 46.3 Å². The molecule has 3 aliphatic rings. The number of hydrogen-bond acceptors (Lipinski definition) is 7. The molecule has 45 heavy (non-hydrogen) atoms. The van der Waals surface area contributed by atoms with E-state index in [1.807, 2.05) is 39.8 Å². The van der Waals surface area contributed by atoms with Crippen molar-refractivity contribution in [1.29, 1.82) is 0 Å². The second-order valence-electron chi connectivity index (χ2n) is 12.1. The second kappa shape index (κ2) is 13.5. The number of aromatic amines is 1. The Labute approximate surface area is 268 Å². The number of allylic oxidation sites excluding steroid dienone is 2. The van der Waals surface area contributed by atoms with Gasteiger partial charge in [-0.2, -0.15) is 12.6 Å². The summed E-state index contributed by atoms with van der Waals surface area (Å²) < 4.78 is 0. The van der Waals surface area contributed by atoms with Gasteiger partial charge < -0.3 is 36.3 Å². The lowest BCUT2D eigenvalue weighted by atomic mass is 9.91. The summed E-state index contributed by atoms with van der Waals surface area (Å²) in [6, 6.07) is -1.29. The maximum absolute atomic E-state index is 12.5. The highest BCUT2D eigenvalue weighted by molar-refractivity contribution is 7.80. The van der Waals surface area contributed by atoms with Crippen molar-refractivity contribution in [2.45, 2.75) is 83.7 Å². The Hall–Kier alpha value is -4.03. The van der Waals surface area contributed by atoms with E-state index in [-0.39, 0.29) is 54.6 Å². The molecule has 6 atom stereocenters. The quantitative estimate of drug-likeness (QED) is 0.161. The molecule has 1 unspecified atom stereocenters. The summed E-state index contributed by atoms with van der Waals surface area (Å²) in [6.45, 7) is 13.0. The van der Waals surface area contributed by atoms with E-state index in [1.165, 1.54) is 6.08 Å². The molecule has 7 N–H and O–H groups in total. The zero-order valence-electron chi connectivity index (χ0n) is 26.2. The fourth-order valence-corrected chi connectivity index (χ4v) is 7.06. The van der Waals surface area contributed by atoms with Crippen molar-refractivity contribution in [2.24, 2.45) is 11.8 Å². The summed E-state index contributed by atoms with van der Waals surface area (Å²) in [6.07, 6.45) is 4.27. The largest absolute Gasteiger partial charge is 0.481 e. The number of rotatable bonds is 12. The lowest BCUT2D eigenvalue weighted by molar-refractivity contribution is -0.138. The van der Waals surface area contributed by atoms with Crippen LogP contribution in [0.1, 0.15) is 69.5 Å². The number of aliphatic hydroxyl groups is 1. The van der Waals surface area contributed by atoms with E-state index >= 15 is 0 Å². The summed E-state index contributed by atoms with van der Waals surface area (Å²) in [5.74, 6) is -2.71. The van der Waals surface area contributed by atoms with Crippen molar-refractivity contribution in [3.63, 3.8) is 0 Å². The van der Waals surface area contributed by atoms with Crippen LogP contribution in [0, 0.1) is 18.8 Å². The van der Waals surface area contributed by atoms with Crippen LogP contribution in [0.25, 0.3) is 12.2 Å². The Morgan fingerprint density at radius 2 is 1.60 bits per heavy atom. The molecule has 1 saturated heterocycles. The van der Waals surface area contributed by atoms with E-state index in [9.17, 15) is 34.5 Å². The SMILES string of the molecule is C=CC1=C(C)[C@@H]([C@H](O)C2N/C(=C\c3[nH]c(/C=C4\NC(=O)[C@H](C)[C@H]4[C@@H](C)S)c(C)c3CCC(=O)O)C(CCC(=O)O)=C2C)NC1=O. The molecule has 4 rings (SSSR count). The molecule has 0 saturated carbocycles. The third-order valence-corrected chi connectivity index (χ3v) is 9.53. The highest BCUT2D eigenvalue weighted by Crippen LogP contribution is 2.37. The molecule has 11 nitrogen and oxygen atoms in total. The molecule has 0 spiro atoms. The molecule has 1 aromatic heterocycles. The van der Waals surface area contributed by atoms with Gasteiger partial charge in [-0.25, -0.2) is 0 Å². The van der Waals surface area contributed by atoms with Crippen molar-refractivity contribution in [3.05, 3.63) is 68.9 Å². The van der Waals surface area contributed by atoms with Crippen LogP contribution in [0.3, 0.4) is 0 Å². The highest BCUT2D eigenvalue weighted by atomic mass is 32.1. The number of thiol groups is 1. The molecule has 4 heterocycles. The molecule has 12 heteroatoms. The first-order chi connectivity index (χ1) is 21.2. The van der Waals surface area contributed by atoms with Crippen LogP contribution in [-0.2, 0) is 25.6 Å². The topological polar surface area (TPSA) is 181 Å². The first-order valence-corrected chi connectivity index (χ1v) is 15.5. The molecule has 1 aromatic rings. The standard InChI is InChI=1S/C33H42N4O7S/c1-7-19-15(3)30(37-33(19)44)31(42)29-16(4)21(9-11-27(40)41)24(35-29)13-23-20(8-10-26(38)39)14(2)22(34-23)12-25-28(18(6)45)17(5)32(43)36-25/h7,12-13,17-18,28-31,34-35,42,45H,1,8-11H2,2-6H3,(H,36,43)(H,37,44)(H,38,39)(H,40,41)/b24-13-,25-12-/t17-,18-,28+,29?,30+,31-/m1/s1. The highest BCUT2D eigenvalue weighted by Gasteiger charge is 2.41. The van der Waals surface area contributed by atoms with Gasteiger partial charge in [-0.1, -0.05) is 26.5 Å². The van der Waals surface area contributed by atoms with Crippen LogP contribution < -0.4 is 16.0 Å². The van der Waals surface area contributed by atoms with Gasteiger partial charge in [-0.3, -0.25) is 19.2 Å². The van der Waals surface area contributed by atoms with E-state index in [1.54, 1.807) is 6.92 Å². The Kier molecular flexibility index (Phi) is 10.2. The smallest absolute Gasteiger partial charge is 0.303 e. The molecule has 0 radical (unpaired) electrons.